The maximum absolute atomic E-state index is 11.3. The lowest BCUT2D eigenvalue weighted by Crippen LogP contribution is -2.37. The maximum atomic E-state index is 11.3. The first kappa shape index (κ1) is 13.1. The van der Waals surface area contributed by atoms with Crippen molar-refractivity contribution in [2.45, 2.75) is 19.5 Å². The molecule has 0 bridgehead atoms. The van der Waals surface area contributed by atoms with Gasteiger partial charge in [-0.05, 0) is 0 Å². The van der Waals surface area contributed by atoms with Crippen molar-refractivity contribution in [3.63, 3.8) is 0 Å². The van der Waals surface area contributed by atoms with Crippen LogP contribution in [-0.2, 0) is 9.09 Å². The van der Waals surface area contributed by atoms with Gasteiger partial charge < -0.3 is 13.9 Å². The van der Waals surface area contributed by atoms with Gasteiger partial charge in [0.25, 0.3) is 0 Å². The molecule has 13 heavy (non-hydrogen) atoms. The number of hydrogen-bond acceptors (Lipinski definition) is 2. The quantitative estimate of drug-likeness (QED) is 0.549. The second kappa shape index (κ2) is 4.56. The van der Waals surface area contributed by atoms with E-state index in [1.165, 1.54) is 0 Å². The van der Waals surface area contributed by atoms with Gasteiger partial charge in [-0.3, -0.25) is 4.57 Å². The van der Waals surface area contributed by atoms with Crippen molar-refractivity contribution < 1.29 is 18.5 Å². The molecule has 0 aliphatic rings. The molecule has 0 aromatic heterocycles. The molecule has 4 nitrogen and oxygen atoms in total. The van der Waals surface area contributed by atoms with Gasteiger partial charge in [-0.2, -0.15) is 0 Å². The Labute approximate surface area is 80.6 Å². The molecule has 0 fully saturated rings. The molecule has 80 valence electrons. The Morgan fingerprint density at radius 2 is 1.85 bits per heavy atom. The first-order valence-electron chi connectivity index (χ1n) is 4.42. The van der Waals surface area contributed by atoms with Gasteiger partial charge in [0.15, 0.2) is 0 Å². The predicted octanol–water partition coefficient (Wildman–Crippen LogP) is 1.30. The molecular weight excluding hydrogens is 189 g/mol. The minimum atomic E-state index is -3.36. The molecule has 0 amide bonds. The van der Waals surface area contributed by atoms with Crippen LogP contribution in [0.3, 0.4) is 0 Å². The summed E-state index contributed by atoms with van der Waals surface area (Å²) in [6.45, 7) is 4.44. The Hall–Kier alpha value is 0.110. The first-order chi connectivity index (χ1) is 5.65. The molecule has 0 aromatic rings. The highest BCUT2D eigenvalue weighted by atomic mass is 31.2. The zero-order valence-electron chi connectivity index (χ0n) is 9.15. The summed E-state index contributed by atoms with van der Waals surface area (Å²) in [6.07, 6.45) is 0. The van der Waals surface area contributed by atoms with E-state index in [4.69, 9.17) is 4.52 Å². The second-order valence-corrected chi connectivity index (χ2v) is 6.92. The molecule has 0 aliphatic heterocycles. The Balaban J connectivity index is 3.84. The molecule has 0 saturated carbocycles. The summed E-state index contributed by atoms with van der Waals surface area (Å²) in [7, 11) is 2.68. The predicted molar refractivity (Wildman–Crippen MR) is 53.8 cm³/mol. The van der Waals surface area contributed by atoms with E-state index < -0.39 is 7.60 Å². The third-order valence-corrected chi connectivity index (χ3v) is 3.55. The van der Waals surface area contributed by atoms with E-state index in [1.54, 1.807) is 13.8 Å². The SMILES string of the molecule is CC(C)P(=O)(O)OCC[N+](C)(C)C. The van der Waals surface area contributed by atoms with E-state index in [-0.39, 0.29) is 5.66 Å². The lowest BCUT2D eigenvalue weighted by Gasteiger charge is -2.24. The van der Waals surface area contributed by atoms with Crippen molar-refractivity contribution in [2.75, 3.05) is 34.3 Å². The van der Waals surface area contributed by atoms with Crippen LogP contribution in [0.4, 0.5) is 0 Å². The van der Waals surface area contributed by atoms with E-state index >= 15 is 0 Å². The Morgan fingerprint density at radius 1 is 1.38 bits per heavy atom. The Kier molecular flexibility index (Phi) is 4.60. The molecule has 0 radical (unpaired) electrons. The molecule has 1 unspecified atom stereocenters. The Bertz CT molecular complexity index is 198. The number of rotatable bonds is 5. The first-order valence-corrected chi connectivity index (χ1v) is 6.07. The van der Waals surface area contributed by atoms with Crippen LogP contribution in [0.5, 0.6) is 0 Å². The van der Waals surface area contributed by atoms with Gasteiger partial charge in [0.05, 0.1) is 26.8 Å². The van der Waals surface area contributed by atoms with Crippen LogP contribution >= 0.6 is 7.60 Å². The molecule has 0 aliphatic carbocycles. The maximum Gasteiger partial charge on any atom is 0.330 e. The number of nitrogens with zero attached hydrogens (tertiary/aromatic N) is 1. The van der Waals surface area contributed by atoms with E-state index in [2.05, 4.69) is 0 Å². The third-order valence-electron chi connectivity index (χ3n) is 1.69. The van der Waals surface area contributed by atoms with Crippen molar-refractivity contribution in [1.82, 2.24) is 0 Å². The van der Waals surface area contributed by atoms with Crippen LogP contribution in [0.2, 0.25) is 0 Å². The summed E-state index contributed by atoms with van der Waals surface area (Å²) in [6, 6.07) is 0. The third kappa shape index (κ3) is 6.22. The number of likely N-dealkylation sites (N-methyl/N-ethyl adjacent to an activating group) is 1. The van der Waals surface area contributed by atoms with Crippen molar-refractivity contribution in [1.29, 1.82) is 0 Å². The van der Waals surface area contributed by atoms with Crippen LogP contribution in [0.1, 0.15) is 13.8 Å². The standard InChI is InChI=1S/C8H20NO3P/c1-8(2)13(10,11)12-7-6-9(3,4)5/h8H,6-7H2,1-5H3/p+1. The normalized spacial score (nSPS) is 17.5. The highest BCUT2D eigenvalue weighted by Gasteiger charge is 2.24. The summed E-state index contributed by atoms with van der Waals surface area (Å²) in [5.74, 6) is 0. The topological polar surface area (TPSA) is 46.5 Å². The van der Waals surface area contributed by atoms with Gasteiger partial charge in [-0.25, -0.2) is 0 Å². The smallest absolute Gasteiger partial charge is 0.329 e. The monoisotopic (exact) mass is 210 g/mol. The zero-order valence-corrected chi connectivity index (χ0v) is 10.0. The summed E-state index contributed by atoms with van der Waals surface area (Å²) in [5, 5.41) is 0. The lowest BCUT2D eigenvalue weighted by atomic mass is 10.5. The van der Waals surface area contributed by atoms with Gasteiger partial charge in [-0.15, -0.1) is 0 Å². The highest BCUT2D eigenvalue weighted by Crippen LogP contribution is 2.46. The number of quaternary nitrogens is 1. The van der Waals surface area contributed by atoms with Gasteiger partial charge >= 0.3 is 7.60 Å². The highest BCUT2D eigenvalue weighted by molar-refractivity contribution is 7.53. The van der Waals surface area contributed by atoms with Crippen molar-refractivity contribution in [2.24, 2.45) is 0 Å². The zero-order chi connectivity index (χ0) is 10.7. The fourth-order valence-electron chi connectivity index (χ4n) is 0.595. The van der Waals surface area contributed by atoms with Crippen LogP contribution in [0.25, 0.3) is 0 Å². The van der Waals surface area contributed by atoms with Crippen LogP contribution in [0.15, 0.2) is 0 Å². The van der Waals surface area contributed by atoms with E-state index in [0.29, 0.717) is 6.61 Å². The molecule has 5 heteroatoms. The van der Waals surface area contributed by atoms with Crippen LogP contribution in [0, 0.1) is 0 Å². The fraction of sp³-hybridized carbons (Fsp3) is 1.00. The summed E-state index contributed by atoms with van der Waals surface area (Å²) >= 11 is 0. The molecule has 0 heterocycles. The van der Waals surface area contributed by atoms with Gasteiger partial charge in [0.1, 0.15) is 13.2 Å². The van der Waals surface area contributed by atoms with E-state index in [0.717, 1.165) is 11.0 Å². The minimum Gasteiger partial charge on any atom is -0.329 e. The van der Waals surface area contributed by atoms with Crippen LogP contribution in [-0.4, -0.2) is 49.3 Å². The van der Waals surface area contributed by atoms with Crippen molar-refractivity contribution in [3.05, 3.63) is 0 Å². The summed E-state index contributed by atoms with van der Waals surface area (Å²) in [4.78, 5) is 9.31. The van der Waals surface area contributed by atoms with Crippen LogP contribution < -0.4 is 0 Å². The lowest BCUT2D eigenvalue weighted by molar-refractivity contribution is -0.870. The average Bonchev–Trinajstić information content (AvgIpc) is 1.82. The van der Waals surface area contributed by atoms with E-state index in [1.807, 2.05) is 21.1 Å². The summed E-state index contributed by atoms with van der Waals surface area (Å²) in [5.41, 5.74) is -0.319. The minimum absolute atomic E-state index is 0.319. The summed E-state index contributed by atoms with van der Waals surface area (Å²) < 4.78 is 17.0. The van der Waals surface area contributed by atoms with Gasteiger partial charge in [0.2, 0.25) is 0 Å². The molecule has 0 saturated heterocycles. The molecule has 0 rings (SSSR count). The van der Waals surface area contributed by atoms with Gasteiger partial charge in [-0.1, -0.05) is 13.8 Å². The molecule has 1 N–H and O–H groups in total. The van der Waals surface area contributed by atoms with E-state index in [9.17, 15) is 9.46 Å². The largest absolute Gasteiger partial charge is 0.330 e. The second-order valence-electron chi connectivity index (χ2n) is 4.51. The fourth-order valence-corrected chi connectivity index (χ4v) is 1.24. The van der Waals surface area contributed by atoms with Gasteiger partial charge in [0, 0.05) is 0 Å². The van der Waals surface area contributed by atoms with Crippen molar-refractivity contribution >= 4 is 7.60 Å². The molecule has 0 aromatic carbocycles. The van der Waals surface area contributed by atoms with Crippen molar-refractivity contribution in [3.8, 4) is 0 Å². The molecular formula is C8H21NO3P+. The average molecular weight is 210 g/mol. The number of hydrogen-bond donors (Lipinski definition) is 1. The molecule has 1 atom stereocenters. The molecule has 0 spiro atoms. The Morgan fingerprint density at radius 3 is 2.15 bits per heavy atom.